The molecule has 2 aliphatic rings. The zero-order valence-electron chi connectivity index (χ0n) is 15.9. The fraction of sp³-hybridized carbons (Fsp3) is 0.348. The molecule has 2 aromatic rings. The Morgan fingerprint density at radius 3 is 2.71 bits per heavy atom. The molecule has 2 aromatic carbocycles. The maximum absolute atomic E-state index is 12.3. The molecule has 5 nitrogen and oxygen atoms in total. The normalized spacial score (nSPS) is 25.5. The summed E-state index contributed by atoms with van der Waals surface area (Å²) in [6.07, 6.45) is -0.252. The van der Waals surface area contributed by atoms with Gasteiger partial charge in [0, 0.05) is 12.1 Å². The minimum Gasteiger partial charge on any atom is -0.372 e. The van der Waals surface area contributed by atoms with Gasteiger partial charge in [-0.05, 0) is 24.6 Å². The van der Waals surface area contributed by atoms with Crippen molar-refractivity contribution in [3.8, 4) is 11.8 Å². The first-order valence-corrected chi connectivity index (χ1v) is 9.59. The van der Waals surface area contributed by atoms with Crippen LogP contribution in [-0.4, -0.2) is 37.5 Å². The molecule has 28 heavy (non-hydrogen) atoms. The topological polar surface area (TPSA) is 59.6 Å². The molecule has 0 radical (unpaired) electrons. The van der Waals surface area contributed by atoms with Gasteiger partial charge in [0.1, 0.15) is 12.2 Å². The molecule has 0 bridgehead atoms. The molecule has 4 rings (SSSR count). The third-order valence-corrected chi connectivity index (χ3v) is 5.08. The van der Waals surface area contributed by atoms with Crippen LogP contribution in [0, 0.1) is 24.7 Å². The van der Waals surface area contributed by atoms with E-state index in [9.17, 15) is 4.79 Å². The van der Waals surface area contributed by atoms with Crippen molar-refractivity contribution in [2.75, 3.05) is 13.2 Å². The monoisotopic (exact) mass is 376 g/mol. The smallest absolute Gasteiger partial charge is 0.315 e. The average Bonchev–Trinajstić information content (AvgIpc) is 3.29. The van der Waals surface area contributed by atoms with E-state index in [2.05, 4.69) is 28.5 Å². The number of ether oxygens (including phenoxy) is 2. The van der Waals surface area contributed by atoms with Gasteiger partial charge in [0.15, 0.2) is 0 Å². The Labute approximate surface area is 165 Å². The van der Waals surface area contributed by atoms with Crippen molar-refractivity contribution in [3.05, 3.63) is 71.3 Å². The molecule has 5 heteroatoms. The van der Waals surface area contributed by atoms with Crippen molar-refractivity contribution in [2.45, 2.75) is 31.7 Å². The molecule has 2 fully saturated rings. The molecule has 2 heterocycles. The maximum Gasteiger partial charge on any atom is 0.315 e. The number of rotatable bonds is 3. The molecule has 2 N–H and O–H groups in total. The van der Waals surface area contributed by atoms with Crippen molar-refractivity contribution < 1.29 is 14.3 Å². The minimum absolute atomic E-state index is 0.0207. The molecule has 2 saturated heterocycles. The molecule has 4 atom stereocenters. The highest BCUT2D eigenvalue weighted by Crippen LogP contribution is 2.30. The van der Waals surface area contributed by atoms with Gasteiger partial charge in [-0.1, -0.05) is 59.9 Å². The van der Waals surface area contributed by atoms with Crippen LogP contribution in [0.25, 0.3) is 0 Å². The summed E-state index contributed by atoms with van der Waals surface area (Å²) in [6.45, 7) is 3.49. The minimum atomic E-state index is -0.210. The van der Waals surface area contributed by atoms with Gasteiger partial charge in [-0.2, -0.15) is 0 Å². The highest BCUT2D eigenvalue weighted by molar-refractivity contribution is 5.74. The highest BCUT2D eigenvalue weighted by Gasteiger charge is 2.47. The van der Waals surface area contributed by atoms with Crippen LogP contribution in [0.15, 0.2) is 54.6 Å². The standard InChI is InChI=1S/C23H24N2O3/c1-16-6-5-9-18(12-16)13-24-23(26)25-20-15-28-21-19(14-27-22(20)21)11-10-17-7-3-2-4-8-17/h2-9,12,19-22H,13-15H2,1H3,(H2,24,25,26)/t19-,20+,21?,22?/m1/s1. The first-order chi connectivity index (χ1) is 13.7. The van der Waals surface area contributed by atoms with E-state index >= 15 is 0 Å². The summed E-state index contributed by atoms with van der Waals surface area (Å²) in [5, 5.41) is 5.88. The number of urea groups is 1. The van der Waals surface area contributed by atoms with Crippen molar-refractivity contribution in [2.24, 2.45) is 5.92 Å². The first-order valence-electron chi connectivity index (χ1n) is 9.59. The highest BCUT2D eigenvalue weighted by atomic mass is 16.6. The lowest BCUT2D eigenvalue weighted by Gasteiger charge is -2.18. The molecular formula is C23H24N2O3. The van der Waals surface area contributed by atoms with Crippen LogP contribution in [-0.2, 0) is 16.0 Å². The van der Waals surface area contributed by atoms with Gasteiger partial charge in [-0.3, -0.25) is 0 Å². The molecule has 2 amide bonds. The second-order valence-electron chi connectivity index (χ2n) is 7.26. The number of nitrogens with one attached hydrogen (secondary N) is 2. The van der Waals surface area contributed by atoms with E-state index < -0.39 is 0 Å². The SMILES string of the molecule is Cc1cccc(CNC(=O)N[C@H]2COC3C2OC[C@H]3C#Cc2ccccc2)c1. The number of amides is 2. The Bertz CT molecular complexity index is 887. The number of carbonyl (C=O) groups is 1. The van der Waals surface area contributed by atoms with Crippen LogP contribution >= 0.6 is 0 Å². The summed E-state index contributed by atoms with van der Waals surface area (Å²) < 4.78 is 11.8. The van der Waals surface area contributed by atoms with Crippen LogP contribution in [0.1, 0.15) is 16.7 Å². The molecule has 0 aromatic heterocycles. The van der Waals surface area contributed by atoms with E-state index in [1.807, 2.05) is 55.5 Å². The Balaban J connectivity index is 1.29. The molecule has 144 valence electrons. The van der Waals surface area contributed by atoms with Gasteiger partial charge in [-0.15, -0.1) is 0 Å². The zero-order chi connectivity index (χ0) is 19.3. The average molecular weight is 376 g/mol. The van der Waals surface area contributed by atoms with Crippen LogP contribution in [0.3, 0.4) is 0 Å². The Hall–Kier alpha value is -2.81. The van der Waals surface area contributed by atoms with Crippen molar-refractivity contribution in [1.82, 2.24) is 10.6 Å². The number of fused-ring (bicyclic) bond motifs is 1. The van der Waals surface area contributed by atoms with Crippen LogP contribution in [0.5, 0.6) is 0 Å². The Kier molecular flexibility index (Phi) is 5.61. The molecule has 2 aliphatic heterocycles. The van der Waals surface area contributed by atoms with Gasteiger partial charge in [0.2, 0.25) is 0 Å². The molecule has 0 aliphatic carbocycles. The second kappa shape index (κ2) is 8.47. The summed E-state index contributed by atoms with van der Waals surface area (Å²) in [4.78, 5) is 12.3. The number of hydrogen-bond donors (Lipinski definition) is 2. The molecular weight excluding hydrogens is 352 g/mol. The number of benzene rings is 2. The predicted molar refractivity (Wildman–Crippen MR) is 107 cm³/mol. The van der Waals surface area contributed by atoms with Gasteiger partial charge in [0.25, 0.3) is 0 Å². The summed E-state index contributed by atoms with van der Waals surface area (Å²) in [5.41, 5.74) is 3.23. The number of aryl methyl sites for hydroxylation is 1. The van der Waals surface area contributed by atoms with Gasteiger partial charge in [0.05, 0.1) is 25.2 Å². The van der Waals surface area contributed by atoms with E-state index in [1.165, 1.54) is 5.56 Å². The lowest BCUT2D eigenvalue weighted by atomic mass is 10.0. The van der Waals surface area contributed by atoms with Gasteiger partial charge >= 0.3 is 6.03 Å². The van der Waals surface area contributed by atoms with E-state index in [0.29, 0.717) is 19.8 Å². The molecule has 0 spiro atoms. The van der Waals surface area contributed by atoms with Crippen LogP contribution in [0.4, 0.5) is 4.79 Å². The quantitative estimate of drug-likeness (QED) is 0.810. The van der Waals surface area contributed by atoms with Crippen molar-refractivity contribution in [3.63, 3.8) is 0 Å². The Morgan fingerprint density at radius 1 is 1.07 bits per heavy atom. The number of carbonyl (C=O) groups excluding carboxylic acids is 1. The largest absolute Gasteiger partial charge is 0.372 e. The molecule has 0 saturated carbocycles. The molecule has 2 unspecified atom stereocenters. The lowest BCUT2D eigenvalue weighted by Crippen LogP contribution is -2.48. The maximum atomic E-state index is 12.3. The lowest BCUT2D eigenvalue weighted by molar-refractivity contribution is 0.0665. The van der Waals surface area contributed by atoms with Crippen molar-refractivity contribution in [1.29, 1.82) is 0 Å². The third-order valence-electron chi connectivity index (χ3n) is 5.08. The fourth-order valence-electron chi connectivity index (χ4n) is 3.67. The van der Waals surface area contributed by atoms with E-state index in [0.717, 1.165) is 11.1 Å². The van der Waals surface area contributed by atoms with Crippen LogP contribution in [0.2, 0.25) is 0 Å². The summed E-state index contributed by atoms with van der Waals surface area (Å²) >= 11 is 0. The predicted octanol–water partition coefficient (Wildman–Crippen LogP) is 2.63. The summed E-state index contributed by atoms with van der Waals surface area (Å²) in [5.74, 6) is 6.48. The third kappa shape index (κ3) is 4.36. The fourth-order valence-corrected chi connectivity index (χ4v) is 3.67. The zero-order valence-corrected chi connectivity index (χ0v) is 15.9. The van der Waals surface area contributed by atoms with Crippen molar-refractivity contribution >= 4 is 6.03 Å². The second-order valence-corrected chi connectivity index (χ2v) is 7.26. The Morgan fingerprint density at radius 2 is 1.89 bits per heavy atom. The van der Waals surface area contributed by atoms with E-state index in [1.54, 1.807) is 0 Å². The van der Waals surface area contributed by atoms with Gasteiger partial charge < -0.3 is 20.1 Å². The van der Waals surface area contributed by atoms with E-state index in [4.69, 9.17) is 9.47 Å². The summed E-state index contributed by atoms with van der Waals surface area (Å²) in [6, 6.07) is 17.6. The first kappa shape index (κ1) is 18.5. The van der Waals surface area contributed by atoms with Gasteiger partial charge in [-0.25, -0.2) is 4.79 Å². The summed E-state index contributed by atoms with van der Waals surface area (Å²) in [7, 11) is 0. The number of hydrogen-bond acceptors (Lipinski definition) is 3. The van der Waals surface area contributed by atoms with E-state index in [-0.39, 0.29) is 30.2 Å². The van der Waals surface area contributed by atoms with Crippen LogP contribution < -0.4 is 10.6 Å².